The molecule has 2 aromatic heterocycles. The van der Waals surface area contributed by atoms with E-state index in [2.05, 4.69) is 18.8 Å². The molecule has 2 aromatic rings. The number of hydrogen-bond acceptors (Lipinski definition) is 3. The van der Waals surface area contributed by atoms with Crippen LogP contribution in [0, 0.1) is 0 Å². The molecule has 0 spiro atoms. The number of hydrogen-bond donors (Lipinski definition) is 0. The van der Waals surface area contributed by atoms with Crippen LogP contribution in [-0.4, -0.2) is 57.2 Å². The molecule has 0 bridgehead atoms. The molecule has 27 heavy (non-hydrogen) atoms. The summed E-state index contributed by atoms with van der Waals surface area (Å²) in [6.45, 7) is 7.06. The van der Waals surface area contributed by atoms with E-state index < -0.39 is 0 Å². The van der Waals surface area contributed by atoms with E-state index >= 15 is 0 Å². The van der Waals surface area contributed by atoms with E-state index in [1.165, 1.54) is 12.8 Å². The molecule has 6 heteroatoms. The van der Waals surface area contributed by atoms with Gasteiger partial charge < -0.3 is 9.80 Å². The average molecular weight is 370 g/mol. The molecule has 3 rings (SSSR count). The van der Waals surface area contributed by atoms with Crippen molar-refractivity contribution in [3.05, 3.63) is 35.9 Å². The summed E-state index contributed by atoms with van der Waals surface area (Å²) in [5.74, 6) is 0.178. The van der Waals surface area contributed by atoms with Crippen molar-refractivity contribution in [1.29, 1.82) is 0 Å². The topological polar surface area (TPSA) is 57.9 Å². The second kappa shape index (κ2) is 9.02. The van der Waals surface area contributed by atoms with E-state index in [1.807, 2.05) is 34.2 Å². The molecule has 1 saturated heterocycles. The van der Waals surface area contributed by atoms with Crippen LogP contribution in [0.15, 0.2) is 24.4 Å². The standard InChI is InChI=1S/C21H30N4O2/c1-3-12-23(13-4-2)21(27)19-22-18(17-11-7-10-16-25(17)19)20(26)24-14-8-5-6-9-15-24/h7,10-11,16H,3-6,8-9,12-15H2,1-2H3. The van der Waals surface area contributed by atoms with Crippen LogP contribution < -0.4 is 0 Å². The highest BCUT2D eigenvalue weighted by Crippen LogP contribution is 2.19. The highest BCUT2D eigenvalue weighted by Gasteiger charge is 2.27. The van der Waals surface area contributed by atoms with Crippen LogP contribution in [0.3, 0.4) is 0 Å². The number of amides is 2. The summed E-state index contributed by atoms with van der Waals surface area (Å²) in [5, 5.41) is 0. The molecule has 0 aliphatic carbocycles. The van der Waals surface area contributed by atoms with Crippen LogP contribution in [0.1, 0.15) is 73.5 Å². The zero-order valence-corrected chi connectivity index (χ0v) is 16.5. The molecule has 0 aromatic carbocycles. The maximum Gasteiger partial charge on any atom is 0.290 e. The number of likely N-dealkylation sites (tertiary alicyclic amines) is 1. The predicted octanol–water partition coefficient (Wildman–Crippen LogP) is 3.61. The lowest BCUT2D eigenvalue weighted by molar-refractivity contribution is 0.0741. The van der Waals surface area contributed by atoms with E-state index in [4.69, 9.17) is 0 Å². The van der Waals surface area contributed by atoms with E-state index in [0.29, 0.717) is 30.1 Å². The first kappa shape index (κ1) is 19.4. The predicted molar refractivity (Wildman–Crippen MR) is 106 cm³/mol. The Hall–Kier alpha value is -2.37. The quantitative estimate of drug-likeness (QED) is 0.780. The number of carbonyl (C=O) groups is 2. The van der Waals surface area contributed by atoms with Crippen molar-refractivity contribution < 1.29 is 9.59 Å². The van der Waals surface area contributed by atoms with E-state index in [-0.39, 0.29) is 11.8 Å². The first-order valence-corrected chi connectivity index (χ1v) is 10.2. The van der Waals surface area contributed by atoms with Crippen LogP contribution in [0.5, 0.6) is 0 Å². The van der Waals surface area contributed by atoms with Gasteiger partial charge in [-0.15, -0.1) is 0 Å². The van der Waals surface area contributed by atoms with Crippen LogP contribution in [0.25, 0.3) is 5.52 Å². The first-order chi connectivity index (χ1) is 13.2. The van der Waals surface area contributed by atoms with Crippen LogP contribution >= 0.6 is 0 Å². The summed E-state index contributed by atoms with van der Waals surface area (Å²) < 4.78 is 1.77. The fourth-order valence-corrected chi connectivity index (χ4v) is 3.77. The molecule has 1 aliphatic heterocycles. The van der Waals surface area contributed by atoms with Crippen molar-refractivity contribution in [2.45, 2.75) is 52.4 Å². The Kier molecular flexibility index (Phi) is 6.48. The lowest BCUT2D eigenvalue weighted by Gasteiger charge is -2.20. The zero-order valence-electron chi connectivity index (χ0n) is 16.5. The minimum absolute atomic E-state index is 0.0582. The molecule has 6 nitrogen and oxygen atoms in total. The number of rotatable bonds is 6. The van der Waals surface area contributed by atoms with Gasteiger partial charge in [0.2, 0.25) is 5.82 Å². The summed E-state index contributed by atoms with van der Waals surface area (Å²) in [5.41, 5.74) is 1.11. The molecule has 3 heterocycles. The molecule has 0 atom stereocenters. The first-order valence-electron chi connectivity index (χ1n) is 10.2. The molecular weight excluding hydrogens is 340 g/mol. The molecule has 0 N–H and O–H groups in total. The number of nitrogens with zero attached hydrogens (tertiary/aromatic N) is 4. The summed E-state index contributed by atoms with van der Waals surface area (Å²) in [6, 6.07) is 5.63. The lowest BCUT2D eigenvalue weighted by Crippen LogP contribution is -2.34. The van der Waals surface area contributed by atoms with E-state index in [9.17, 15) is 9.59 Å². The summed E-state index contributed by atoms with van der Waals surface area (Å²) in [6.07, 6.45) is 8.02. The van der Waals surface area contributed by atoms with Crippen molar-refractivity contribution in [1.82, 2.24) is 19.2 Å². The van der Waals surface area contributed by atoms with Crippen molar-refractivity contribution in [3.63, 3.8) is 0 Å². The molecule has 146 valence electrons. The van der Waals surface area contributed by atoms with Gasteiger partial charge >= 0.3 is 0 Å². The maximum absolute atomic E-state index is 13.1. The fraction of sp³-hybridized carbons (Fsp3) is 0.571. The van der Waals surface area contributed by atoms with Crippen LogP contribution in [0.4, 0.5) is 0 Å². The minimum atomic E-state index is -0.102. The third-order valence-corrected chi connectivity index (χ3v) is 5.11. The Labute approximate surface area is 161 Å². The van der Waals surface area contributed by atoms with Gasteiger partial charge in [-0.25, -0.2) is 4.98 Å². The second-order valence-electron chi connectivity index (χ2n) is 7.24. The highest BCUT2D eigenvalue weighted by molar-refractivity contribution is 6.02. The van der Waals surface area contributed by atoms with Gasteiger partial charge in [0, 0.05) is 32.4 Å². The molecule has 2 amide bonds. The molecule has 1 fully saturated rings. The third kappa shape index (κ3) is 4.15. The fourth-order valence-electron chi connectivity index (χ4n) is 3.77. The van der Waals surface area contributed by atoms with Crippen LogP contribution in [0.2, 0.25) is 0 Å². The number of imidazole rings is 1. The highest BCUT2D eigenvalue weighted by atomic mass is 16.2. The average Bonchev–Trinajstić information content (AvgIpc) is 2.86. The summed E-state index contributed by atoms with van der Waals surface area (Å²) in [7, 11) is 0. The maximum atomic E-state index is 13.1. The number of fused-ring (bicyclic) bond motifs is 1. The molecule has 0 saturated carbocycles. The SMILES string of the molecule is CCCN(CCC)C(=O)c1nc(C(=O)N2CCCCCC2)c2ccccn12. The number of carbonyl (C=O) groups excluding carboxylic acids is 2. The van der Waals surface area contributed by atoms with Gasteiger partial charge in [-0.1, -0.05) is 32.8 Å². The van der Waals surface area contributed by atoms with Crippen LogP contribution in [-0.2, 0) is 0 Å². The number of pyridine rings is 1. The Morgan fingerprint density at radius 3 is 2.33 bits per heavy atom. The lowest BCUT2D eigenvalue weighted by atomic mass is 10.2. The van der Waals surface area contributed by atoms with Gasteiger partial charge in [-0.3, -0.25) is 14.0 Å². The normalized spacial score (nSPS) is 15.0. The van der Waals surface area contributed by atoms with Gasteiger partial charge in [0.15, 0.2) is 5.69 Å². The zero-order chi connectivity index (χ0) is 19.2. The molecular formula is C21H30N4O2. The van der Waals surface area contributed by atoms with Crippen molar-refractivity contribution in [2.75, 3.05) is 26.2 Å². The molecule has 0 radical (unpaired) electrons. The second-order valence-corrected chi connectivity index (χ2v) is 7.24. The van der Waals surface area contributed by atoms with Crippen molar-refractivity contribution >= 4 is 17.3 Å². The van der Waals surface area contributed by atoms with E-state index in [1.54, 1.807) is 4.40 Å². The monoisotopic (exact) mass is 370 g/mol. The Morgan fingerprint density at radius 2 is 1.70 bits per heavy atom. The minimum Gasteiger partial charge on any atom is -0.337 e. The Bertz CT molecular complexity index is 737. The largest absolute Gasteiger partial charge is 0.337 e. The number of aromatic nitrogens is 2. The Balaban J connectivity index is 1.98. The van der Waals surface area contributed by atoms with Gasteiger partial charge in [-0.2, -0.15) is 0 Å². The molecule has 1 aliphatic rings. The van der Waals surface area contributed by atoms with Crippen molar-refractivity contribution in [2.24, 2.45) is 0 Å². The van der Waals surface area contributed by atoms with Gasteiger partial charge in [0.1, 0.15) is 0 Å². The smallest absolute Gasteiger partial charge is 0.290 e. The van der Waals surface area contributed by atoms with Crippen molar-refractivity contribution in [3.8, 4) is 0 Å². The summed E-state index contributed by atoms with van der Waals surface area (Å²) >= 11 is 0. The third-order valence-electron chi connectivity index (χ3n) is 5.11. The van der Waals surface area contributed by atoms with Gasteiger partial charge in [0.25, 0.3) is 11.8 Å². The van der Waals surface area contributed by atoms with Gasteiger partial charge in [0.05, 0.1) is 5.52 Å². The molecule has 0 unspecified atom stereocenters. The van der Waals surface area contributed by atoms with E-state index in [0.717, 1.165) is 38.8 Å². The van der Waals surface area contributed by atoms with Gasteiger partial charge in [-0.05, 0) is 37.8 Å². The summed E-state index contributed by atoms with van der Waals surface area (Å²) in [4.78, 5) is 34.6. The Morgan fingerprint density at radius 1 is 1.04 bits per heavy atom.